The minimum atomic E-state index is -0.492. The summed E-state index contributed by atoms with van der Waals surface area (Å²) >= 11 is 0. The lowest BCUT2D eigenvalue weighted by Gasteiger charge is -2.35. The molecular formula is C22H29N3O6. The number of carbonyl (C=O) groups excluding carboxylic acids is 1. The van der Waals surface area contributed by atoms with Crippen molar-refractivity contribution < 1.29 is 29.3 Å². The maximum Gasteiger partial charge on any atom is 0.337 e. The molecule has 0 radical (unpaired) electrons. The number of hydrogen-bond donors (Lipinski definition) is 2. The van der Waals surface area contributed by atoms with Crippen LogP contribution in [0.2, 0.25) is 0 Å². The number of likely N-dealkylation sites (tertiary alicyclic amines) is 1. The van der Waals surface area contributed by atoms with Crippen LogP contribution in [-0.2, 0) is 16.1 Å². The molecule has 9 nitrogen and oxygen atoms in total. The molecule has 1 aliphatic heterocycles. The molecule has 0 amide bonds. The molecule has 31 heavy (non-hydrogen) atoms. The van der Waals surface area contributed by atoms with Gasteiger partial charge in [0.1, 0.15) is 11.9 Å². The minimum absolute atomic E-state index is 0.250. The van der Waals surface area contributed by atoms with Gasteiger partial charge in [-0.05, 0) is 48.9 Å². The number of ether oxygens (including phenoxy) is 2. The van der Waals surface area contributed by atoms with E-state index in [9.17, 15) is 9.90 Å². The van der Waals surface area contributed by atoms with E-state index in [-0.39, 0.29) is 12.6 Å². The number of carboxylic acid groups (broad SMARTS) is 1. The first-order valence-electron chi connectivity index (χ1n) is 10.3. The summed E-state index contributed by atoms with van der Waals surface area (Å²) < 4.78 is 12.8. The van der Waals surface area contributed by atoms with Crippen molar-refractivity contribution in [2.45, 2.75) is 31.6 Å². The van der Waals surface area contributed by atoms with Crippen LogP contribution in [0.1, 0.15) is 23.2 Å². The second kappa shape index (κ2) is 10.9. The molecule has 2 fully saturated rings. The summed E-state index contributed by atoms with van der Waals surface area (Å²) in [5.74, 6) is 1.24. The maximum atomic E-state index is 11.7. The number of nitrogens with zero attached hydrogens (tertiary/aromatic N) is 3. The van der Waals surface area contributed by atoms with Crippen molar-refractivity contribution >= 4 is 12.4 Å². The molecule has 0 unspecified atom stereocenters. The molecule has 2 N–H and O–H groups in total. The number of aromatic nitrogens is 2. The predicted octanol–water partition coefficient (Wildman–Crippen LogP) is 1.52. The largest absolute Gasteiger partial charge is 0.488 e. The standard InChI is InChI=1S/C21H27N3O4.CH2O2/c1-27-21(26)15-4-2-5-18(10-15)28-20-12-17-14-23(13-16(17)11-19(20)25)8-9-24-7-3-6-22-24;2-1-3/h2-7,10,16-17,19-20,25H,8-9,11-14H2,1H3;1H,(H,2,3)/t16-,17+,19+,20+;/m0./s1. The fourth-order valence-electron chi connectivity index (χ4n) is 4.46. The molecule has 2 aromatic rings. The quantitative estimate of drug-likeness (QED) is 0.523. The third-order valence-corrected chi connectivity index (χ3v) is 5.91. The van der Waals surface area contributed by atoms with E-state index in [0.717, 1.165) is 39.0 Å². The van der Waals surface area contributed by atoms with E-state index in [1.54, 1.807) is 24.4 Å². The van der Waals surface area contributed by atoms with E-state index < -0.39 is 12.1 Å². The van der Waals surface area contributed by atoms with Crippen LogP contribution in [0.25, 0.3) is 0 Å². The predicted molar refractivity (Wildman–Crippen MR) is 112 cm³/mol. The number of carbonyl (C=O) groups is 2. The Balaban J connectivity index is 0.000000858. The SMILES string of the molecule is COC(=O)c1cccc(O[C@@H]2C[C@@H]3CN(CCn4cccn4)C[C@@H]3C[C@H]2O)c1.O=CO. The second-order valence-corrected chi connectivity index (χ2v) is 7.87. The first-order chi connectivity index (χ1) is 15.0. The Kier molecular flexibility index (Phi) is 8.02. The van der Waals surface area contributed by atoms with E-state index in [1.165, 1.54) is 7.11 Å². The summed E-state index contributed by atoms with van der Waals surface area (Å²) in [5, 5.41) is 21.8. The lowest BCUT2D eigenvalue weighted by molar-refractivity contribution is -0.122. The van der Waals surface area contributed by atoms with Gasteiger partial charge in [-0.1, -0.05) is 6.07 Å². The summed E-state index contributed by atoms with van der Waals surface area (Å²) in [6, 6.07) is 8.90. The molecular weight excluding hydrogens is 402 g/mol. The van der Waals surface area contributed by atoms with Crippen LogP contribution >= 0.6 is 0 Å². The van der Waals surface area contributed by atoms with Gasteiger partial charge in [0.05, 0.1) is 25.3 Å². The highest BCUT2D eigenvalue weighted by molar-refractivity contribution is 5.89. The van der Waals surface area contributed by atoms with E-state index in [2.05, 4.69) is 10.00 Å². The third-order valence-electron chi connectivity index (χ3n) is 5.91. The number of methoxy groups -OCH3 is 1. The van der Waals surface area contributed by atoms with E-state index >= 15 is 0 Å². The molecule has 2 aliphatic rings. The van der Waals surface area contributed by atoms with Crippen molar-refractivity contribution in [3.05, 3.63) is 48.3 Å². The Hall–Kier alpha value is -2.91. The number of esters is 1. The highest BCUT2D eigenvalue weighted by Crippen LogP contribution is 2.38. The van der Waals surface area contributed by atoms with Gasteiger partial charge in [-0.3, -0.25) is 9.48 Å². The molecule has 9 heteroatoms. The van der Waals surface area contributed by atoms with Gasteiger partial charge >= 0.3 is 5.97 Å². The van der Waals surface area contributed by atoms with Gasteiger partial charge in [0.15, 0.2) is 0 Å². The van der Waals surface area contributed by atoms with Crippen LogP contribution in [0.4, 0.5) is 0 Å². The minimum Gasteiger partial charge on any atom is -0.488 e. The summed E-state index contributed by atoms with van der Waals surface area (Å²) in [4.78, 5) is 22.5. The van der Waals surface area contributed by atoms with Crippen molar-refractivity contribution in [3.8, 4) is 5.75 Å². The van der Waals surface area contributed by atoms with E-state index in [1.807, 2.05) is 23.0 Å². The van der Waals surface area contributed by atoms with Crippen molar-refractivity contribution in [1.82, 2.24) is 14.7 Å². The van der Waals surface area contributed by atoms with Crippen molar-refractivity contribution in [3.63, 3.8) is 0 Å². The van der Waals surface area contributed by atoms with Gasteiger partial charge in [-0.15, -0.1) is 0 Å². The molecule has 0 spiro atoms. The molecule has 1 saturated heterocycles. The summed E-state index contributed by atoms with van der Waals surface area (Å²) in [6.07, 6.45) is 4.63. The highest BCUT2D eigenvalue weighted by atomic mass is 16.5. The fraction of sp³-hybridized carbons (Fsp3) is 0.500. The molecule has 1 aromatic carbocycles. The number of benzene rings is 1. The van der Waals surface area contributed by atoms with Crippen LogP contribution in [0.5, 0.6) is 5.75 Å². The van der Waals surface area contributed by atoms with Crippen LogP contribution < -0.4 is 4.74 Å². The zero-order valence-electron chi connectivity index (χ0n) is 17.5. The monoisotopic (exact) mass is 431 g/mol. The topological polar surface area (TPSA) is 114 Å². The lowest BCUT2D eigenvalue weighted by atomic mass is 9.78. The van der Waals surface area contributed by atoms with Crippen molar-refractivity contribution in [2.24, 2.45) is 11.8 Å². The first kappa shape index (κ1) is 22.8. The van der Waals surface area contributed by atoms with E-state index in [4.69, 9.17) is 19.4 Å². The lowest BCUT2D eigenvalue weighted by Crippen LogP contribution is -2.42. The zero-order chi connectivity index (χ0) is 22.2. The maximum absolute atomic E-state index is 11.7. The molecule has 1 aliphatic carbocycles. The molecule has 2 heterocycles. The second-order valence-electron chi connectivity index (χ2n) is 7.87. The normalized spacial score (nSPS) is 25.1. The molecule has 168 valence electrons. The molecule has 1 saturated carbocycles. The summed E-state index contributed by atoms with van der Waals surface area (Å²) in [6.45, 7) is 3.65. The van der Waals surface area contributed by atoms with Gasteiger partial charge in [0.2, 0.25) is 0 Å². The van der Waals surface area contributed by atoms with Crippen LogP contribution in [0.15, 0.2) is 42.7 Å². The number of fused-ring (bicyclic) bond motifs is 1. The van der Waals surface area contributed by atoms with Gasteiger partial charge in [-0.2, -0.15) is 5.10 Å². The van der Waals surface area contributed by atoms with Crippen LogP contribution in [0, 0.1) is 11.8 Å². The smallest absolute Gasteiger partial charge is 0.337 e. The fourth-order valence-corrected chi connectivity index (χ4v) is 4.46. The Labute approximate surface area is 181 Å². The molecule has 4 rings (SSSR count). The van der Waals surface area contributed by atoms with Gasteiger partial charge in [0.25, 0.3) is 6.47 Å². The molecule has 4 atom stereocenters. The number of rotatable bonds is 6. The zero-order valence-corrected chi connectivity index (χ0v) is 17.5. The Bertz CT molecular complexity index is 844. The average Bonchev–Trinajstić information content (AvgIpc) is 3.42. The Morgan fingerprint density at radius 3 is 2.65 bits per heavy atom. The van der Waals surface area contributed by atoms with E-state index in [0.29, 0.717) is 23.1 Å². The summed E-state index contributed by atoms with van der Waals surface area (Å²) in [5.41, 5.74) is 0.453. The molecule has 1 aromatic heterocycles. The highest BCUT2D eigenvalue weighted by Gasteiger charge is 2.42. The summed E-state index contributed by atoms with van der Waals surface area (Å²) in [7, 11) is 1.36. The van der Waals surface area contributed by atoms with Gasteiger partial charge < -0.3 is 24.6 Å². The third kappa shape index (κ3) is 6.05. The average molecular weight is 431 g/mol. The van der Waals surface area contributed by atoms with Crippen LogP contribution in [-0.4, -0.2) is 76.3 Å². The van der Waals surface area contributed by atoms with Gasteiger partial charge in [-0.25, -0.2) is 4.79 Å². The number of aliphatic hydroxyl groups excluding tert-OH is 1. The Morgan fingerprint density at radius 2 is 1.97 bits per heavy atom. The first-order valence-corrected chi connectivity index (χ1v) is 10.3. The Morgan fingerprint density at radius 1 is 1.23 bits per heavy atom. The number of hydrogen-bond acceptors (Lipinski definition) is 7. The molecule has 0 bridgehead atoms. The number of aliphatic hydroxyl groups is 1. The van der Waals surface area contributed by atoms with Crippen molar-refractivity contribution in [2.75, 3.05) is 26.7 Å². The van der Waals surface area contributed by atoms with Crippen molar-refractivity contribution in [1.29, 1.82) is 0 Å². The van der Waals surface area contributed by atoms with Crippen LogP contribution in [0.3, 0.4) is 0 Å². The van der Waals surface area contributed by atoms with Gasteiger partial charge in [0, 0.05) is 32.0 Å².